The fourth-order valence-electron chi connectivity index (χ4n) is 6.33. The third-order valence-corrected chi connectivity index (χ3v) is 8.57. The van der Waals surface area contributed by atoms with Crippen LogP contribution in [-0.2, 0) is 0 Å². The Balaban J connectivity index is 1.42. The highest BCUT2D eigenvalue weighted by Gasteiger charge is 2.46. The lowest BCUT2D eigenvalue weighted by Gasteiger charge is -2.38. The van der Waals surface area contributed by atoms with Gasteiger partial charge in [0.25, 0.3) is 5.91 Å². The van der Waals surface area contributed by atoms with Gasteiger partial charge in [0, 0.05) is 21.5 Å². The molecule has 0 aliphatic heterocycles. The molecule has 1 heterocycles. The van der Waals surface area contributed by atoms with Gasteiger partial charge in [-0.3, -0.25) is 15.6 Å². The molecule has 2 unspecified atom stereocenters. The average molecular weight is 536 g/mol. The Morgan fingerprint density at radius 1 is 0.853 bits per heavy atom. The van der Waals surface area contributed by atoms with Crippen LogP contribution in [0.15, 0.2) is 36.4 Å². The molecule has 2 fully saturated rings. The highest BCUT2D eigenvalue weighted by atomic mass is 35.5. The molecule has 0 radical (unpaired) electrons. The molecule has 1 aromatic heterocycles. The van der Waals surface area contributed by atoms with Crippen molar-refractivity contribution in [2.24, 2.45) is 11.8 Å². The lowest BCUT2D eigenvalue weighted by molar-refractivity contribution is 0.0954. The van der Waals surface area contributed by atoms with E-state index in [1.165, 1.54) is 6.42 Å². The molecule has 2 saturated carbocycles. The molecule has 1 amide bonds. The molecule has 3 aromatic rings. The smallest absolute Gasteiger partial charge is 0.290 e. The summed E-state index contributed by atoms with van der Waals surface area (Å²) >= 11 is 25.0. The molecule has 176 valence electrons. The van der Waals surface area contributed by atoms with E-state index in [2.05, 4.69) is 10.9 Å². The van der Waals surface area contributed by atoms with Gasteiger partial charge < -0.3 is 0 Å². The van der Waals surface area contributed by atoms with Crippen LogP contribution in [0.25, 0.3) is 5.69 Å². The van der Waals surface area contributed by atoms with Gasteiger partial charge in [-0.25, -0.2) is 4.68 Å². The quantitative estimate of drug-likeness (QED) is 0.337. The lowest BCUT2D eigenvalue weighted by Crippen LogP contribution is -2.31. The van der Waals surface area contributed by atoms with Crippen LogP contribution < -0.4 is 10.9 Å². The minimum atomic E-state index is -0.299. The minimum Gasteiger partial charge on any atom is -0.297 e. The largest absolute Gasteiger partial charge is 0.297 e. The molecule has 0 spiro atoms. The van der Waals surface area contributed by atoms with E-state index in [-0.39, 0.29) is 5.91 Å². The number of halogens is 4. The number of hydrogen-bond acceptors (Lipinski definition) is 3. The number of aromatic nitrogens is 2. The number of benzene rings is 2. The fraction of sp³-hybridized carbons (Fsp3) is 0.360. The zero-order valence-electron chi connectivity index (χ0n) is 18.1. The second kappa shape index (κ2) is 8.63. The van der Waals surface area contributed by atoms with Gasteiger partial charge in [0.1, 0.15) is 0 Å². The first kappa shape index (κ1) is 22.5. The van der Waals surface area contributed by atoms with Crippen molar-refractivity contribution in [3.8, 4) is 5.69 Å². The van der Waals surface area contributed by atoms with Crippen LogP contribution in [0.1, 0.15) is 65.7 Å². The topological polar surface area (TPSA) is 59.0 Å². The molecule has 2 aromatic carbocycles. The van der Waals surface area contributed by atoms with Crippen molar-refractivity contribution in [2.75, 3.05) is 5.43 Å². The minimum absolute atomic E-state index is 0.299. The predicted octanol–water partition coefficient (Wildman–Crippen LogP) is 7.63. The molecule has 7 rings (SSSR count). The summed E-state index contributed by atoms with van der Waals surface area (Å²) in [5.74, 6) is 1.79. The maximum absolute atomic E-state index is 13.5. The van der Waals surface area contributed by atoms with Crippen molar-refractivity contribution >= 4 is 58.0 Å². The Labute approximate surface area is 217 Å². The molecule has 9 heteroatoms. The summed E-state index contributed by atoms with van der Waals surface area (Å²) in [5, 5.41) is 6.87. The molecular weight excluding hydrogens is 514 g/mol. The Morgan fingerprint density at radius 3 is 2.18 bits per heavy atom. The van der Waals surface area contributed by atoms with Gasteiger partial charge in [0.15, 0.2) is 5.69 Å². The van der Waals surface area contributed by atoms with Gasteiger partial charge in [0.2, 0.25) is 0 Å². The number of rotatable bonds is 4. The number of carbonyl (C=O) groups excluding carboxylic acids is 1. The summed E-state index contributed by atoms with van der Waals surface area (Å²) in [6, 6.07) is 10.5. The zero-order valence-corrected chi connectivity index (χ0v) is 21.1. The molecule has 0 saturated heterocycles. The van der Waals surface area contributed by atoms with Crippen molar-refractivity contribution in [3.63, 3.8) is 0 Å². The van der Waals surface area contributed by atoms with Crippen molar-refractivity contribution in [3.05, 3.63) is 73.4 Å². The van der Waals surface area contributed by atoms with Gasteiger partial charge in [-0.15, -0.1) is 0 Å². The number of nitrogens with one attached hydrogen (secondary N) is 2. The summed E-state index contributed by atoms with van der Waals surface area (Å²) < 4.78 is 1.89. The summed E-state index contributed by atoms with van der Waals surface area (Å²) in [7, 11) is 0. The van der Waals surface area contributed by atoms with E-state index in [1.54, 1.807) is 30.3 Å². The third-order valence-electron chi connectivity index (χ3n) is 7.49. The Morgan fingerprint density at radius 2 is 1.50 bits per heavy atom. The normalized spacial score (nSPS) is 24.6. The van der Waals surface area contributed by atoms with Crippen LogP contribution in [0, 0.1) is 11.8 Å². The summed E-state index contributed by atoms with van der Waals surface area (Å²) in [6.45, 7) is 0. The standard InChI is InChI=1S/C25H22Cl4N4O/c26-16-1-3-20(18(28)10-16)30-31-25(34)23-22-14-6-12-5-13(7-14)9-15(8-12)24(22)33(32-23)21-4-2-17(27)11-19(21)29/h1-4,10-15,30H,5-9H2,(H,31,34). The number of nitrogens with zero attached hydrogens (tertiary/aromatic N) is 2. The van der Waals surface area contributed by atoms with Crippen molar-refractivity contribution < 1.29 is 4.79 Å². The zero-order chi connectivity index (χ0) is 23.6. The van der Waals surface area contributed by atoms with Gasteiger partial charge in [-0.05, 0) is 86.3 Å². The predicted molar refractivity (Wildman–Crippen MR) is 137 cm³/mol. The summed E-state index contributed by atoms with van der Waals surface area (Å²) in [6.07, 6.45) is 5.78. The summed E-state index contributed by atoms with van der Waals surface area (Å²) in [5.41, 5.74) is 9.67. The fourth-order valence-corrected chi connectivity index (χ4v) is 7.27. The number of hydrogen-bond donors (Lipinski definition) is 2. The highest BCUT2D eigenvalue weighted by molar-refractivity contribution is 6.36. The second-order valence-electron chi connectivity index (χ2n) is 9.66. The maximum atomic E-state index is 13.5. The van der Waals surface area contributed by atoms with Crippen molar-refractivity contribution in [2.45, 2.75) is 43.9 Å². The molecule has 4 bridgehead atoms. The van der Waals surface area contributed by atoms with E-state index in [0.717, 1.165) is 42.6 Å². The second-order valence-corrected chi connectivity index (χ2v) is 11.4. The molecular formula is C25H22Cl4N4O. The van der Waals surface area contributed by atoms with E-state index >= 15 is 0 Å². The molecule has 4 aliphatic carbocycles. The van der Waals surface area contributed by atoms with Gasteiger partial charge in [-0.2, -0.15) is 5.10 Å². The first-order chi connectivity index (χ1) is 16.4. The maximum Gasteiger partial charge on any atom is 0.290 e. The Bertz CT molecular complexity index is 1290. The van der Waals surface area contributed by atoms with Crippen molar-refractivity contribution in [1.29, 1.82) is 0 Å². The van der Waals surface area contributed by atoms with Crippen LogP contribution in [-0.4, -0.2) is 15.7 Å². The average Bonchev–Trinajstić information content (AvgIpc) is 3.09. The van der Waals surface area contributed by atoms with E-state index in [1.807, 2.05) is 10.7 Å². The number of anilines is 1. The SMILES string of the molecule is O=C(NNc1ccc(Cl)cc1Cl)c1nn(-c2ccc(Cl)cc2Cl)c2c1C1CC3CC(C1)CC2C3. The van der Waals surface area contributed by atoms with E-state index in [9.17, 15) is 4.79 Å². The first-order valence-electron chi connectivity index (χ1n) is 11.5. The van der Waals surface area contributed by atoms with E-state index in [4.69, 9.17) is 51.5 Å². The first-order valence-corrected chi connectivity index (χ1v) is 13.0. The molecule has 34 heavy (non-hydrogen) atoms. The number of carbonyl (C=O) groups is 1. The van der Waals surface area contributed by atoms with E-state index < -0.39 is 0 Å². The van der Waals surface area contributed by atoms with Crippen LogP contribution in [0.2, 0.25) is 20.1 Å². The molecule has 2 N–H and O–H groups in total. The monoisotopic (exact) mass is 534 g/mol. The third kappa shape index (κ3) is 3.87. The summed E-state index contributed by atoms with van der Waals surface area (Å²) in [4.78, 5) is 13.5. The molecule has 2 atom stereocenters. The lowest BCUT2D eigenvalue weighted by atomic mass is 9.67. The number of hydrazine groups is 1. The highest BCUT2D eigenvalue weighted by Crippen LogP contribution is 2.57. The van der Waals surface area contributed by atoms with Crippen molar-refractivity contribution in [1.82, 2.24) is 15.2 Å². The van der Waals surface area contributed by atoms with Gasteiger partial charge in [-0.1, -0.05) is 46.4 Å². The molecule has 4 aliphatic rings. The van der Waals surface area contributed by atoms with Crippen LogP contribution in [0.4, 0.5) is 5.69 Å². The Kier molecular flexibility index (Phi) is 5.72. The van der Waals surface area contributed by atoms with E-state index in [0.29, 0.717) is 55.1 Å². The van der Waals surface area contributed by atoms with Crippen LogP contribution >= 0.6 is 46.4 Å². The van der Waals surface area contributed by atoms with Crippen LogP contribution in [0.5, 0.6) is 0 Å². The Hall–Kier alpha value is -1.92. The molecule has 5 nitrogen and oxygen atoms in total. The van der Waals surface area contributed by atoms with Gasteiger partial charge in [0.05, 0.1) is 27.1 Å². The number of amides is 1. The van der Waals surface area contributed by atoms with Crippen LogP contribution in [0.3, 0.4) is 0 Å². The van der Waals surface area contributed by atoms with Gasteiger partial charge >= 0.3 is 0 Å².